The number of nitrogens with zero attached hydrogens (tertiary/aromatic N) is 3. The average Bonchev–Trinajstić information content (AvgIpc) is 2.91. The second-order valence-corrected chi connectivity index (χ2v) is 8.19. The summed E-state index contributed by atoms with van der Waals surface area (Å²) in [4.78, 5) is 42.1. The van der Waals surface area contributed by atoms with Gasteiger partial charge in [-0.05, 0) is 17.5 Å². The summed E-state index contributed by atoms with van der Waals surface area (Å²) in [5.41, 5.74) is 2.02. The van der Waals surface area contributed by atoms with E-state index in [1.165, 1.54) is 31.4 Å². The first-order valence-electron chi connectivity index (χ1n) is 11.7. The number of aliphatic imine (C=N–C) groups is 1. The van der Waals surface area contributed by atoms with E-state index in [0.717, 1.165) is 5.56 Å². The number of rotatable bonds is 11. The van der Waals surface area contributed by atoms with Crippen molar-refractivity contribution in [1.82, 2.24) is 0 Å². The maximum atomic E-state index is 13.5. The molecular weight excluding hydrogens is 478 g/mol. The minimum absolute atomic E-state index is 0.00194. The fourth-order valence-corrected chi connectivity index (χ4v) is 4.15. The Kier molecular flexibility index (Phi) is 9.63. The molecule has 192 valence electrons. The fourth-order valence-electron chi connectivity index (χ4n) is 4.15. The van der Waals surface area contributed by atoms with Crippen LogP contribution in [0.1, 0.15) is 36.8 Å². The molecule has 0 aromatic heterocycles. The normalized spacial score (nSPS) is 16.9. The highest BCUT2D eigenvalue weighted by Crippen LogP contribution is 2.41. The van der Waals surface area contributed by atoms with E-state index in [0.29, 0.717) is 23.4 Å². The lowest BCUT2D eigenvalue weighted by molar-refractivity contribution is -0.384. The lowest BCUT2D eigenvalue weighted by atomic mass is 9.74. The van der Waals surface area contributed by atoms with Crippen molar-refractivity contribution in [2.24, 2.45) is 10.9 Å². The molecular formula is C27H27N3O7. The summed E-state index contributed by atoms with van der Waals surface area (Å²) in [7, 11) is 1.46. The SMILES string of the molecule is CCC1=NC(COC)=C(C(=O)OCc2ccccc2)C(c2ccc([N+](=O)[O-])cc2)C1C(=O)OCCC#N. The first kappa shape index (κ1) is 27.2. The van der Waals surface area contributed by atoms with Gasteiger partial charge >= 0.3 is 11.9 Å². The number of hydrogen-bond acceptors (Lipinski definition) is 9. The van der Waals surface area contributed by atoms with Gasteiger partial charge in [0.1, 0.15) is 19.1 Å². The Morgan fingerprint density at radius 2 is 1.78 bits per heavy atom. The Labute approximate surface area is 214 Å². The molecule has 3 rings (SSSR count). The van der Waals surface area contributed by atoms with Crippen LogP contribution in [0.3, 0.4) is 0 Å². The molecule has 2 atom stereocenters. The van der Waals surface area contributed by atoms with E-state index in [2.05, 4.69) is 4.99 Å². The Hall–Kier alpha value is -4.36. The van der Waals surface area contributed by atoms with Gasteiger partial charge in [0.2, 0.25) is 0 Å². The fraction of sp³-hybridized carbons (Fsp3) is 0.333. The topological polar surface area (TPSA) is 141 Å². The first-order valence-corrected chi connectivity index (χ1v) is 11.7. The van der Waals surface area contributed by atoms with Crippen molar-refractivity contribution in [2.45, 2.75) is 32.3 Å². The van der Waals surface area contributed by atoms with E-state index in [1.54, 1.807) is 0 Å². The number of carbonyl (C=O) groups excluding carboxylic acids is 2. The monoisotopic (exact) mass is 505 g/mol. The third-order valence-electron chi connectivity index (χ3n) is 5.84. The number of nitro benzene ring substituents is 1. The molecule has 0 amide bonds. The first-order chi connectivity index (χ1) is 17.9. The molecule has 37 heavy (non-hydrogen) atoms. The van der Waals surface area contributed by atoms with Crippen LogP contribution in [0.25, 0.3) is 0 Å². The van der Waals surface area contributed by atoms with Gasteiger partial charge in [0, 0.05) is 30.9 Å². The van der Waals surface area contributed by atoms with Gasteiger partial charge in [0.25, 0.3) is 5.69 Å². The van der Waals surface area contributed by atoms with Crippen LogP contribution in [0.5, 0.6) is 0 Å². The third-order valence-corrected chi connectivity index (χ3v) is 5.84. The van der Waals surface area contributed by atoms with Gasteiger partial charge in [0.05, 0.1) is 35.3 Å². The van der Waals surface area contributed by atoms with Crippen molar-refractivity contribution in [2.75, 3.05) is 20.3 Å². The predicted molar refractivity (Wildman–Crippen MR) is 133 cm³/mol. The summed E-state index contributed by atoms with van der Waals surface area (Å²) >= 11 is 0. The third kappa shape index (κ3) is 6.65. The van der Waals surface area contributed by atoms with Gasteiger partial charge in [-0.2, -0.15) is 5.26 Å². The van der Waals surface area contributed by atoms with Gasteiger partial charge in [-0.3, -0.25) is 19.9 Å². The van der Waals surface area contributed by atoms with E-state index in [1.807, 2.05) is 43.3 Å². The number of benzene rings is 2. The van der Waals surface area contributed by atoms with Crippen molar-refractivity contribution in [3.8, 4) is 6.07 Å². The minimum atomic E-state index is -0.995. The Balaban J connectivity index is 2.10. The highest BCUT2D eigenvalue weighted by atomic mass is 16.6. The summed E-state index contributed by atoms with van der Waals surface area (Å²) in [5.74, 6) is -3.22. The maximum absolute atomic E-state index is 13.5. The lowest BCUT2D eigenvalue weighted by Gasteiger charge is -2.33. The molecule has 0 aliphatic carbocycles. The van der Waals surface area contributed by atoms with E-state index in [-0.39, 0.29) is 37.5 Å². The van der Waals surface area contributed by atoms with Gasteiger partial charge in [-0.1, -0.05) is 49.4 Å². The molecule has 2 unspecified atom stereocenters. The van der Waals surface area contributed by atoms with E-state index >= 15 is 0 Å². The average molecular weight is 506 g/mol. The van der Waals surface area contributed by atoms with Gasteiger partial charge < -0.3 is 14.2 Å². The summed E-state index contributed by atoms with van der Waals surface area (Å²) in [6.45, 7) is 1.69. The van der Waals surface area contributed by atoms with Gasteiger partial charge in [0.15, 0.2) is 0 Å². The maximum Gasteiger partial charge on any atom is 0.336 e. The van der Waals surface area contributed by atoms with Gasteiger partial charge in [-0.25, -0.2) is 4.79 Å². The largest absolute Gasteiger partial charge is 0.464 e. The number of hydrogen-bond donors (Lipinski definition) is 0. The zero-order valence-electron chi connectivity index (χ0n) is 20.6. The molecule has 0 fully saturated rings. The predicted octanol–water partition coefficient (Wildman–Crippen LogP) is 4.26. The number of esters is 2. The minimum Gasteiger partial charge on any atom is -0.464 e. The van der Waals surface area contributed by atoms with Crippen LogP contribution < -0.4 is 0 Å². The molecule has 1 aliphatic rings. The van der Waals surface area contributed by atoms with Crippen molar-refractivity contribution in [3.63, 3.8) is 0 Å². The van der Waals surface area contributed by atoms with Crippen LogP contribution in [0.2, 0.25) is 0 Å². The van der Waals surface area contributed by atoms with Crippen LogP contribution in [0, 0.1) is 27.4 Å². The van der Waals surface area contributed by atoms with Crippen LogP contribution in [-0.2, 0) is 30.4 Å². The number of nitriles is 1. The Morgan fingerprint density at radius 1 is 1.08 bits per heavy atom. The highest BCUT2D eigenvalue weighted by Gasteiger charge is 2.44. The van der Waals surface area contributed by atoms with Crippen LogP contribution in [0.15, 0.2) is 70.9 Å². The van der Waals surface area contributed by atoms with Crippen molar-refractivity contribution >= 4 is 23.3 Å². The van der Waals surface area contributed by atoms with E-state index in [4.69, 9.17) is 19.5 Å². The zero-order chi connectivity index (χ0) is 26.8. The van der Waals surface area contributed by atoms with Crippen molar-refractivity contribution in [3.05, 3.63) is 87.1 Å². The van der Waals surface area contributed by atoms with Crippen molar-refractivity contribution in [1.29, 1.82) is 5.26 Å². The lowest BCUT2D eigenvalue weighted by Crippen LogP contribution is -2.38. The molecule has 10 nitrogen and oxygen atoms in total. The molecule has 0 radical (unpaired) electrons. The quantitative estimate of drug-likeness (QED) is 0.191. The number of non-ortho nitro benzene ring substituents is 1. The molecule has 0 saturated carbocycles. The number of nitro groups is 1. The molecule has 2 aromatic rings. The van der Waals surface area contributed by atoms with Crippen LogP contribution in [-0.4, -0.2) is 42.9 Å². The summed E-state index contributed by atoms with van der Waals surface area (Å²) in [5, 5.41) is 20.1. The standard InChI is InChI=1S/C27H27N3O7/c1-3-21-24(26(31)36-15-7-14-28)23(19-10-12-20(13-11-19)30(33)34)25(22(29-21)17-35-2)27(32)37-16-18-8-5-4-6-9-18/h4-6,8-13,23-24H,3,7,15-17H2,1-2H3. The molecule has 0 spiro atoms. The second-order valence-electron chi connectivity index (χ2n) is 8.19. The molecule has 1 heterocycles. The number of carbonyl (C=O) groups is 2. The summed E-state index contributed by atoms with van der Waals surface area (Å²) in [6, 6.07) is 16.7. The zero-order valence-corrected chi connectivity index (χ0v) is 20.6. The molecule has 1 aliphatic heterocycles. The molecule has 0 N–H and O–H groups in total. The molecule has 2 aromatic carbocycles. The Morgan fingerprint density at radius 3 is 2.38 bits per heavy atom. The number of methoxy groups -OCH3 is 1. The van der Waals surface area contributed by atoms with E-state index < -0.39 is 28.7 Å². The summed E-state index contributed by atoms with van der Waals surface area (Å²) in [6.07, 6.45) is 0.386. The molecule has 0 saturated heterocycles. The Bertz CT molecular complexity index is 1230. The van der Waals surface area contributed by atoms with E-state index in [9.17, 15) is 19.7 Å². The van der Waals surface area contributed by atoms with Crippen LogP contribution in [0.4, 0.5) is 5.69 Å². The molecule has 10 heteroatoms. The number of ether oxygens (including phenoxy) is 3. The summed E-state index contributed by atoms with van der Waals surface area (Å²) < 4.78 is 16.3. The smallest absolute Gasteiger partial charge is 0.336 e. The molecule has 0 bridgehead atoms. The van der Waals surface area contributed by atoms with Crippen LogP contribution >= 0.6 is 0 Å². The van der Waals surface area contributed by atoms with Gasteiger partial charge in [-0.15, -0.1) is 0 Å². The second kappa shape index (κ2) is 13.1. The van der Waals surface area contributed by atoms with Crippen molar-refractivity contribution < 1.29 is 28.7 Å². The highest BCUT2D eigenvalue weighted by molar-refractivity contribution is 6.08.